The fourth-order valence-electron chi connectivity index (χ4n) is 2.26. The van der Waals surface area contributed by atoms with Crippen molar-refractivity contribution < 1.29 is 19.8 Å². The van der Waals surface area contributed by atoms with Crippen molar-refractivity contribution >= 4 is 23.2 Å². The number of carbonyl (C=O) groups is 2. The molecule has 3 N–H and O–H groups in total. The number of aromatic nitrogens is 1. The van der Waals surface area contributed by atoms with Gasteiger partial charge < -0.3 is 15.5 Å². The summed E-state index contributed by atoms with van der Waals surface area (Å²) in [5, 5.41) is 23.8. The van der Waals surface area contributed by atoms with Gasteiger partial charge in [-0.15, -0.1) is 11.3 Å². The molecule has 0 unspecified atom stereocenters. The van der Waals surface area contributed by atoms with Gasteiger partial charge in [-0.2, -0.15) is 0 Å². The number of nitrogens with zero attached hydrogens (tertiary/aromatic N) is 1. The van der Waals surface area contributed by atoms with Crippen molar-refractivity contribution in [2.75, 3.05) is 0 Å². The molecule has 0 aromatic carbocycles. The van der Waals surface area contributed by atoms with Crippen LogP contribution >= 0.6 is 11.3 Å². The molecule has 0 spiro atoms. The van der Waals surface area contributed by atoms with Gasteiger partial charge in [-0.25, -0.2) is 9.78 Å². The number of amides is 1. The molecule has 1 heterocycles. The van der Waals surface area contributed by atoms with Gasteiger partial charge in [0.25, 0.3) is 0 Å². The Kier molecular flexibility index (Phi) is 6.77. The van der Waals surface area contributed by atoms with Crippen molar-refractivity contribution in [2.45, 2.75) is 58.1 Å². The monoisotopic (exact) mass is 314 g/mol. The lowest BCUT2D eigenvalue weighted by Gasteiger charge is -2.26. The van der Waals surface area contributed by atoms with E-state index in [9.17, 15) is 14.7 Å². The molecule has 0 saturated heterocycles. The summed E-state index contributed by atoms with van der Waals surface area (Å²) in [5.74, 6) is -1.32. The Morgan fingerprint density at radius 1 is 1.33 bits per heavy atom. The number of aliphatic hydroxyl groups is 1. The average Bonchev–Trinajstić information content (AvgIpc) is 2.85. The SMILES string of the molecule is CCCC(O)(CCC)CC(=O)NCc1nc(C(=O)O)cs1. The zero-order chi connectivity index (χ0) is 15.9. The number of rotatable bonds is 9. The molecule has 0 atom stereocenters. The molecule has 1 rings (SSSR count). The highest BCUT2D eigenvalue weighted by Gasteiger charge is 2.28. The van der Waals surface area contributed by atoms with Gasteiger partial charge in [0.15, 0.2) is 5.69 Å². The Balaban J connectivity index is 2.50. The summed E-state index contributed by atoms with van der Waals surface area (Å²) in [7, 11) is 0. The zero-order valence-electron chi connectivity index (χ0n) is 12.4. The molecule has 1 aromatic rings. The summed E-state index contributed by atoms with van der Waals surface area (Å²) in [5.41, 5.74) is -0.972. The summed E-state index contributed by atoms with van der Waals surface area (Å²) in [4.78, 5) is 26.5. The van der Waals surface area contributed by atoms with Crippen LogP contribution in [0.15, 0.2) is 5.38 Å². The van der Waals surface area contributed by atoms with Crippen LogP contribution in [-0.2, 0) is 11.3 Å². The Morgan fingerprint density at radius 2 is 1.95 bits per heavy atom. The molecular formula is C14H22N2O4S. The molecule has 7 heteroatoms. The molecule has 1 amide bonds. The predicted molar refractivity (Wildman–Crippen MR) is 80.3 cm³/mol. The van der Waals surface area contributed by atoms with Crippen LogP contribution in [0.5, 0.6) is 0 Å². The van der Waals surface area contributed by atoms with Crippen LogP contribution in [-0.4, -0.2) is 32.7 Å². The van der Waals surface area contributed by atoms with Crippen LogP contribution < -0.4 is 5.32 Å². The van der Waals surface area contributed by atoms with Gasteiger partial charge in [-0.05, 0) is 12.8 Å². The average molecular weight is 314 g/mol. The fraction of sp³-hybridized carbons (Fsp3) is 0.643. The number of carboxylic acid groups (broad SMARTS) is 1. The molecule has 6 nitrogen and oxygen atoms in total. The van der Waals surface area contributed by atoms with E-state index in [1.807, 2.05) is 13.8 Å². The third kappa shape index (κ3) is 5.81. The first-order chi connectivity index (χ1) is 9.90. The van der Waals surface area contributed by atoms with Crippen molar-refractivity contribution in [3.63, 3.8) is 0 Å². The normalized spacial score (nSPS) is 11.4. The van der Waals surface area contributed by atoms with Gasteiger partial charge in [0.05, 0.1) is 18.6 Å². The zero-order valence-corrected chi connectivity index (χ0v) is 13.2. The first-order valence-corrected chi connectivity index (χ1v) is 7.95. The Morgan fingerprint density at radius 3 is 2.43 bits per heavy atom. The largest absolute Gasteiger partial charge is 0.476 e. The maximum atomic E-state index is 11.9. The second-order valence-electron chi connectivity index (χ2n) is 5.11. The van der Waals surface area contributed by atoms with Gasteiger partial charge in [0.2, 0.25) is 5.91 Å². The third-order valence-corrected chi connectivity index (χ3v) is 3.98. The second-order valence-corrected chi connectivity index (χ2v) is 6.05. The molecule has 118 valence electrons. The summed E-state index contributed by atoms with van der Waals surface area (Å²) in [6.07, 6.45) is 2.88. The van der Waals surface area contributed by atoms with E-state index < -0.39 is 11.6 Å². The molecule has 0 aliphatic rings. The highest BCUT2D eigenvalue weighted by atomic mass is 32.1. The fourth-order valence-corrected chi connectivity index (χ4v) is 2.97. The van der Waals surface area contributed by atoms with Crippen molar-refractivity contribution in [2.24, 2.45) is 0 Å². The number of thiazole rings is 1. The number of carbonyl (C=O) groups excluding carboxylic acids is 1. The number of hydrogen-bond acceptors (Lipinski definition) is 5. The lowest BCUT2D eigenvalue weighted by Crippen LogP contribution is -2.36. The summed E-state index contributed by atoms with van der Waals surface area (Å²) in [6, 6.07) is 0. The minimum Gasteiger partial charge on any atom is -0.476 e. The topological polar surface area (TPSA) is 99.5 Å². The molecule has 0 bridgehead atoms. The summed E-state index contributed by atoms with van der Waals surface area (Å²) in [6.45, 7) is 4.13. The number of aromatic carboxylic acids is 1. The van der Waals surface area contributed by atoms with E-state index in [-0.39, 0.29) is 24.6 Å². The van der Waals surface area contributed by atoms with Crippen molar-refractivity contribution in [1.82, 2.24) is 10.3 Å². The number of carboxylic acids is 1. The van der Waals surface area contributed by atoms with E-state index in [1.165, 1.54) is 16.7 Å². The van der Waals surface area contributed by atoms with Gasteiger partial charge in [-0.1, -0.05) is 26.7 Å². The van der Waals surface area contributed by atoms with Crippen molar-refractivity contribution in [1.29, 1.82) is 0 Å². The highest BCUT2D eigenvalue weighted by Crippen LogP contribution is 2.23. The first kappa shape index (κ1) is 17.6. The van der Waals surface area contributed by atoms with Crippen LogP contribution in [0.2, 0.25) is 0 Å². The van der Waals surface area contributed by atoms with Crippen LogP contribution in [0.4, 0.5) is 0 Å². The molecule has 0 saturated carbocycles. The third-order valence-electron chi connectivity index (χ3n) is 3.13. The van der Waals surface area contributed by atoms with Gasteiger partial charge in [0.1, 0.15) is 5.01 Å². The van der Waals surface area contributed by atoms with Crippen LogP contribution in [0, 0.1) is 0 Å². The molecule has 0 fully saturated rings. The lowest BCUT2D eigenvalue weighted by molar-refractivity contribution is -0.126. The standard InChI is InChI=1S/C14H22N2O4S/c1-3-5-14(20,6-4-2)7-11(17)15-8-12-16-10(9-21-12)13(18)19/h9,20H,3-8H2,1-2H3,(H,15,17)(H,18,19). The van der Waals surface area contributed by atoms with E-state index in [2.05, 4.69) is 10.3 Å². The number of hydrogen-bond donors (Lipinski definition) is 3. The number of nitrogens with one attached hydrogen (secondary N) is 1. The first-order valence-electron chi connectivity index (χ1n) is 7.07. The molecule has 0 aliphatic heterocycles. The van der Waals surface area contributed by atoms with Crippen LogP contribution in [0.3, 0.4) is 0 Å². The highest BCUT2D eigenvalue weighted by molar-refractivity contribution is 7.09. The van der Waals surface area contributed by atoms with Crippen molar-refractivity contribution in [3.8, 4) is 0 Å². The maximum absolute atomic E-state index is 11.9. The minimum atomic E-state index is -1.08. The molecule has 0 radical (unpaired) electrons. The van der Waals surface area contributed by atoms with Gasteiger partial charge in [0, 0.05) is 5.38 Å². The van der Waals surface area contributed by atoms with E-state index in [4.69, 9.17) is 5.11 Å². The molecule has 21 heavy (non-hydrogen) atoms. The Bertz CT molecular complexity index is 481. The van der Waals surface area contributed by atoms with Gasteiger partial charge >= 0.3 is 5.97 Å². The van der Waals surface area contributed by atoms with E-state index in [0.717, 1.165) is 12.8 Å². The van der Waals surface area contributed by atoms with E-state index >= 15 is 0 Å². The van der Waals surface area contributed by atoms with Crippen LogP contribution in [0.1, 0.15) is 61.4 Å². The molecular weight excluding hydrogens is 292 g/mol. The molecule has 0 aliphatic carbocycles. The Hall–Kier alpha value is -1.47. The summed E-state index contributed by atoms with van der Waals surface area (Å²) < 4.78 is 0. The Labute approximate surface area is 128 Å². The second kappa shape index (κ2) is 8.09. The quantitative estimate of drug-likeness (QED) is 0.649. The van der Waals surface area contributed by atoms with Crippen LogP contribution in [0.25, 0.3) is 0 Å². The smallest absolute Gasteiger partial charge is 0.355 e. The van der Waals surface area contributed by atoms with E-state index in [1.54, 1.807) is 0 Å². The van der Waals surface area contributed by atoms with Crippen molar-refractivity contribution in [3.05, 3.63) is 16.1 Å². The lowest BCUT2D eigenvalue weighted by atomic mass is 9.89. The maximum Gasteiger partial charge on any atom is 0.355 e. The minimum absolute atomic E-state index is 0.0160. The van der Waals surface area contributed by atoms with Gasteiger partial charge in [-0.3, -0.25) is 4.79 Å². The summed E-state index contributed by atoms with van der Waals surface area (Å²) >= 11 is 1.19. The molecule has 1 aromatic heterocycles. The van der Waals surface area contributed by atoms with E-state index in [0.29, 0.717) is 17.8 Å². The predicted octanol–water partition coefficient (Wildman–Crippen LogP) is 2.18.